The number of ketones is 1. The van der Waals surface area contributed by atoms with Crippen molar-refractivity contribution >= 4 is 40.9 Å². The standard InChI is InChI=1S/C24H28Cl2F2O6/c1-12-8-16-15-5-4-13-9-14(29)6-7-21(13,2)23(15,28)17(30)10-22(16,3)24(12,20(32)33-11-27)34-19(31)18(25)26/h6-7,9,12,15-18,30H,4-5,8,10-11H2,1-3H3/t12-,15+,16+,17+,21+,22+,23+,24+/m1/s1. The van der Waals surface area contributed by atoms with Crippen molar-refractivity contribution in [3.05, 3.63) is 23.8 Å². The first-order chi connectivity index (χ1) is 15.8. The van der Waals surface area contributed by atoms with Gasteiger partial charge in [0, 0.05) is 22.7 Å². The monoisotopic (exact) mass is 520 g/mol. The highest BCUT2D eigenvalue weighted by Crippen LogP contribution is 2.71. The minimum atomic E-state index is -2.14. The maximum atomic E-state index is 17.2. The molecule has 0 unspecified atom stereocenters. The van der Waals surface area contributed by atoms with Crippen molar-refractivity contribution in [3.8, 4) is 0 Å². The largest absolute Gasteiger partial charge is 0.444 e. The zero-order valence-corrected chi connectivity index (χ0v) is 20.7. The fraction of sp³-hybridized carbons (Fsp3) is 0.708. The Morgan fingerprint density at radius 3 is 2.59 bits per heavy atom. The van der Waals surface area contributed by atoms with E-state index in [0.29, 0.717) is 18.4 Å². The number of alkyl halides is 4. The van der Waals surface area contributed by atoms with Crippen molar-refractivity contribution in [2.24, 2.45) is 28.6 Å². The van der Waals surface area contributed by atoms with Crippen LogP contribution in [0, 0.1) is 28.6 Å². The molecule has 4 rings (SSSR count). The van der Waals surface area contributed by atoms with E-state index in [1.165, 1.54) is 18.2 Å². The molecule has 4 aliphatic carbocycles. The van der Waals surface area contributed by atoms with E-state index < -0.39 is 69.6 Å². The van der Waals surface area contributed by atoms with Crippen LogP contribution in [0.2, 0.25) is 0 Å². The maximum Gasteiger partial charge on any atom is 0.353 e. The van der Waals surface area contributed by atoms with Crippen molar-refractivity contribution in [3.63, 3.8) is 0 Å². The van der Waals surface area contributed by atoms with Crippen LogP contribution >= 0.6 is 23.2 Å². The summed E-state index contributed by atoms with van der Waals surface area (Å²) in [5, 5.41) is 11.4. The Balaban J connectivity index is 1.84. The zero-order chi connectivity index (χ0) is 25.3. The second-order valence-corrected chi connectivity index (χ2v) is 11.5. The molecule has 0 aromatic heterocycles. The first-order valence-electron chi connectivity index (χ1n) is 11.3. The van der Waals surface area contributed by atoms with Gasteiger partial charge in [0.05, 0.1) is 6.10 Å². The third-order valence-electron chi connectivity index (χ3n) is 9.11. The molecule has 0 saturated heterocycles. The van der Waals surface area contributed by atoms with Crippen LogP contribution in [0.1, 0.15) is 46.5 Å². The van der Waals surface area contributed by atoms with Crippen molar-refractivity contribution in [1.82, 2.24) is 0 Å². The van der Waals surface area contributed by atoms with E-state index in [4.69, 9.17) is 32.7 Å². The summed E-state index contributed by atoms with van der Waals surface area (Å²) < 4.78 is 40.7. The van der Waals surface area contributed by atoms with Crippen LogP contribution in [0.4, 0.5) is 8.78 Å². The fourth-order valence-electron chi connectivity index (χ4n) is 7.58. The van der Waals surface area contributed by atoms with E-state index in [-0.39, 0.29) is 18.6 Å². The number of carbonyl (C=O) groups is 3. The summed E-state index contributed by atoms with van der Waals surface area (Å²) in [5.41, 5.74) is -6.03. The van der Waals surface area contributed by atoms with Crippen molar-refractivity contribution in [1.29, 1.82) is 0 Å². The van der Waals surface area contributed by atoms with Gasteiger partial charge in [0.2, 0.25) is 17.3 Å². The average Bonchev–Trinajstić information content (AvgIpc) is 2.97. The summed E-state index contributed by atoms with van der Waals surface area (Å²) in [6.45, 7) is 3.52. The summed E-state index contributed by atoms with van der Waals surface area (Å²) in [6.07, 6.45) is 3.46. The summed E-state index contributed by atoms with van der Waals surface area (Å²) in [4.78, 5) is 36.1. The quantitative estimate of drug-likeness (QED) is 0.442. The highest BCUT2D eigenvalue weighted by Gasteiger charge is 2.78. The fourth-order valence-corrected chi connectivity index (χ4v) is 7.67. The predicted molar refractivity (Wildman–Crippen MR) is 119 cm³/mol. The Bertz CT molecular complexity index is 985. The number of halogens is 4. The van der Waals surface area contributed by atoms with Gasteiger partial charge in [-0.3, -0.25) is 4.79 Å². The normalized spacial score (nSPS) is 45.2. The first-order valence-corrected chi connectivity index (χ1v) is 12.2. The minimum Gasteiger partial charge on any atom is -0.444 e. The lowest BCUT2D eigenvalue weighted by Crippen LogP contribution is -2.70. The van der Waals surface area contributed by atoms with Gasteiger partial charge in [-0.05, 0) is 50.7 Å². The Morgan fingerprint density at radius 1 is 1.29 bits per heavy atom. The number of hydrogen-bond donors (Lipinski definition) is 1. The molecule has 3 fully saturated rings. The van der Waals surface area contributed by atoms with Crippen molar-refractivity contribution in [2.75, 3.05) is 6.86 Å². The van der Waals surface area contributed by atoms with Crippen LogP contribution in [-0.2, 0) is 23.9 Å². The molecular weight excluding hydrogens is 493 g/mol. The van der Waals surface area contributed by atoms with Crippen molar-refractivity contribution < 1.29 is 37.7 Å². The van der Waals surface area contributed by atoms with Gasteiger partial charge in [0.15, 0.2) is 11.5 Å². The van der Waals surface area contributed by atoms with Gasteiger partial charge in [-0.25, -0.2) is 18.4 Å². The second kappa shape index (κ2) is 8.27. The molecule has 0 aliphatic heterocycles. The number of aliphatic hydroxyl groups excluding tert-OH is 1. The first kappa shape index (κ1) is 25.6. The molecule has 3 saturated carbocycles. The van der Waals surface area contributed by atoms with Gasteiger partial charge in [-0.15, -0.1) is 0 Å². The van der Waals surface area contributed by atoms with Crippen LogP contribution in [0.5, 0.6) is 0 Å². The Labute approximate surface area is 206 Å². The Hall–Kier alpha value is -1.51. The molecule has 4 aliphatic rings. The third kappa shape index (κ3) is 3.10. The lowest BCUT2D eigenvalue weighted by molar-refractivity contribution is -0.237. The zero-order valence-electron chi connectivity index (χ0n) is 19.2. The smallest absolute Gasteiger partial charge is 0.353 e. The minimum absolute atomic E-state index is 0.226. The molecule has 188 valence electrons. The van der Waals surface area contributed by atoms with E-state index in [2.05, 4.69) is 0 Å². The number of aliphatic hydroxyl groups is 1. The number of carbonyl (C=O) groups excluding carboxylic acids is 3. The lowest BCUT2D eigenvalue weighted by Gasteiger charge is -2.62. The van der Waals surface area contributed by atoms with Crippen molar-refractivity contribution in [2.45, 2.75) is 68.7 Å². The number of fused-ring (bicyclic) bond motifs is 5. The molecule has 0 amide bonds. The molecule has 0 bridgehead atoms. The van der Waals surface area contributed by atoms with Gasteiger partial charge in [-0.2, -0.15) is 0 Å². The highest BCUT2D eigenvalue weighted by molar-refractivity contribution is 6.53. The van der Waals surface area contributed by atoms with E-state index in [9.17, 15) is 23.9 Å². The summed E-state index contributed by atoms with van der Waals surface area (Å²) in [5.74, 6) is -4.39. The molecule has 0 aromatic rings. The number of esters is 2. The average molecular weight is 521 g/mol. The van der Waals surface area contributed by atoms with Gasteiger partial charge < -0.3 is 14.6 Å². The summed E-state index contributed by atoms with van der Waals surface area (Å²) >= 11 is 11.4. The molecule has 34 heavy (non-hydrogen) atoms. The predicted octanol–water partition coefficient (Wildman–Crippen LogP) is 4.16. The van der Waals surface area contributed by atoms with Gasteiger partial charge in [0.25, 0.3) is 0 Å². The van der Waals surface area contributed by atoms with Gasteiger partial charge >= 0.3 is 11.9 Å². The number of rotatable bonds is 4. The van der Waals surface area contributed by atoms with E-state index in [1.807, 2.05) is 0 Å². The lowest BCUT2D eigenvalue weighted by atomic mass is 9.44. The van der Waals surface area contributed by atoms with Crippen LogP contribution in [0.25, 0.3) is 0 Å². The molecule has 0 spiro atoms. The van der Waals surface area contributed by atoms with E-state index in [0.717, 1.165) is 0 Å². The molecule has 10 heteroatoms. The number of hydrogen-bond acceptors (Lipinski definition) is 6. The van der Waals surface area contributed by atoms with E-state index in [1.54, 1.807) is 20.8 Å². The highest BCUT2D eigenvalue weighted by atomic mass is 35.5. The summed E-state index contributed by atoms with van der Waals surface area (Å²) in [7, 11) is 0. The topological polar surface area (TPSA) is 89.9 Å². The van der Waals surface area contributed by atoms with Gasteiger partial charge in [0.1, 0.15) is 0 Å². The second-order valence-electron chi connectivity index (χ2n) is 10.4. The van der Waals surface area contributed by atoms with Crippen LogP contribution in [0.15, 0.2) is 23.8 Å². The van der Waals surface area contributed by atoms with Crippen LogP contribution < -0.4 is 0 Å². The molecule has 1 N–H and O–H groups in total. The third-order valence-corrected chi connectivity index (χ3v) is 9.47. The SMILES string of the molecule is C[C@@H]1C[C@H]2[C@@H]3CCC4=CC(=O)C=C[C@]4(C)[C@@]3(F)[C@@H](O)C[C@]2(C)[C@@]1(OC(=O)C(Cl)Cl)C(=O)OCF. The maximum absolute atomic E-state index is 17.2. The molecule has 0 aromatic carbocycles. The molecular formula is C24H28Cl2F2O6. The van der Waals surface area contributed by atoms with E-state index >= 15 is 4.39 Å². The van der Waals surface area contributed by atoms with Gasteiger partial charge in [-0.1, -0.05) is 48.7 Å². The molecule has 0 heterocycles. The number of allylic oxidation sites excluding steroid dienone is 4. The Morgan fingerprint density at radius 2 is 1.97 bits per heavy atom. The summed E-state index contributed by atoms with van der Waals surface area (Å²) in [6, 6.07) is 0. The Kier molecular flexibility index (Phi) is 6.22. The molecule has 0 radical (unpaired) electrons. The van der Waals surface area contributed by atoms with Crippen LogP contribution in [-0.4, -0.2) is 51.9 Å². The molecule has 6 nitrogen and oxygen atoms in total. The number of ether oxygens (including phenoxy) is 2. The molecule has 8 atom stereocenters. The van der Waals surface area contributed by atoms with Crippen LogP contribution in [0.3, 0.4) is 0 Å².